The Morgan fingerprint density at radius 3 is 2.27 bits per heavy atom. The Bertz CT molecular complexity index is 1260. The highest BCUT2D eigenvalue weighted by Gasteiger charge is 2.26. The minimum atomic E-state index is -0.0545. The smallest absolute Gasteiger partial charge is 0.100 e. The van der Waals surface area contributed by atoms with Crippen molar-refractivity contribution in [1.82, 2.24) is 5.32 Å². The van der Waals surface area contributed by atoms with E-state index in [1.165, 1.54) is 43.3 Å². The van der Waals surface area contributed by atoms with Crippen LogP contribution in [0.25, 0.3) is 5.57 Å². The predicted molar refractivity (Wildman–Crippen MR) is 159 cm³/mol. The van der Waals surface area contributed by atoms with Gasteiger partial charge in [0.1, 0.15) is 5.83 Å². The highest BCUT2D eigenvalue weighted by molar-refractivity contribution is 8.03. The van der Waals surface area contributed by atoms with Crippen LogP contribution in [0.15, 0.2) is 99.5 Å². The average molecular weight is 515 g/mol. The number of hydrogen-bond acceptors (Lipinski definition) is 3. The highest BCUT2D eigenvalue weighted by Crippen LogP contribution is 2.44. The molecule has 1 aliphatic carbocycles. The minimum absolute atomic E-state index is 0.0545. The van der Waals surface area contributed by atoms with Gasteiger partial charge in [-0.3, -0.25) is 0 Å². The minimum Gasteiger partial charge on any atom is -0.359 e. The largest absolute Gasteiger partial charge is 0.359 e. The van der Waals surface area contributed by atoms with Gasteiger partial charge in [0, 0.05) is 44.6 Å². The number of benzene rings is 2. The van der Waals surface area contributed by atoms with Crippen LogP contribution in [-0.4, -0.2) is 0 Å². The number of dihydropyridines is 1. The maximum atomic E-state index is 13.3. The Hall–Kier alpha value is -2.98. The van der Waals surface area contributed by atoms with Crippen LogP contribution < -0.4 is 10.6 Å². The first-order chi connectivity index (χ1) is 17.9. The molecule has 4 rings (SSSR count). The zero-order chi connectivity index (χ0) is 26.4. The average Bonchev–Trinajstić information content (AvgIpc) is 2.91. The molecule has 0 unspecified atom stereocenters. The van der Waals surface area contributed by atoms with Gasteiger partial charge in [-0.1, -0.05) is 63.7 Å². The van der Waals surface area contributed by atoms with Crippen molar-refractivity contribution in [2.75, 3.05) is 5.32 Å². The summed E-state index contributed by atoms with van der Waals surface area (Å²) in [7, 11) is 0. The first kappa shape index (κ1) is 27.1. The molecule has 194 valence electrons. The van der Waals surface area contributed by atoms with Gasteiger partial charge in [0.05, 0.1) is 0 Å². The lowest BCUT2D eigenvalue weighted by Gasteiger charge is -2.30. The van der Waals surface area contributed by atoms with Crippen molar-refractivity contribution in [3.63, 3.8) is 0 Å². The van der Waals surface area contributed by atoms with Gasteiger partial charge in [-0.25, -0.2) is 4.39 Å². The fourth-order valence-corrected chi connectivity index (χ4v) is 6.01. The number of allylic oxidation sites excluding steroid dienone is 7. The molecule has 0 radical (unpaired) electrons. The van der Waals surface area contributed by atoms with Gasteiger partial charge < -0.3 is 10.6 Å². The molecule has 2 aromatic carbocycles. The Morgan fingerprint density at radius 2 is 1.68 bits per heavy atom. The van der Waals surface area contributed by atoms with E-state index in [4.69, 9.17) is 0 Å². The van der Waals surface area contributed by atoms with E-state index < -0.39 is 0 Å². The van der Waals surface area contributed by atoms with E-state index in [2.05, 4.69) is 87.4 Å². The summed E-state index contributed by atoms with van der Waals surface area (Å²) >= 11 is 1.77. The fourth-order valence-electron chi connectivity index (χ4n) is 5.07. The number of hydrogen-bond donors (Lipinski definition) is 2. The maximum Gasteiger partial charge on any atom is 0.100 e. The van der Waals surface area contributed by atoms with E-state index in [0.717, 1.165) is 49.2 Å². The summed E-state index contributed by atoms with van der Waals surface area (Å²) in [4.78, 5) is 2.36. The van der Waals surface area contributed by atoms with E-state index in [9.17, 15) is 4.39 Å². The van der Waals surface area contributed by atoms with Crippen LogP contribution in [0, 0.1) is 0 Å². The van der Waals surface area contributed by atoms with Crippen molar-refractivity contribution in [2.24, 2.45) is 0 Å². The Labute approximate surface area is 226 Å². The first-order valence-electron chi connectivity index (χ1n) is 13.6. The predicted octanol–water partition coefficient (Wildman–Crippen LogP) is 9.84. The number of nitrogens with one attached hydrogen (secondary N) is 2. The molecule has 2 N–H and O–H groups in total. The van der Waals surface area contributed by atoms with Crippen LogP contribution in [0.2, 0.25) is 0 Å². The second-order valence-electron chi connectivity index (χ2n) is 9.73. The molecule has 1 heterocycles. The SMILES string of the molecule is C=C1NC(CCCC)=C(c2c(CC)cccc2CC)C(C)=C1Sc1ccc(NC2=CC=C(F)CC2)cc1. The van der Waals surface area contributed by atoms with Crippen molar-refractivity contribution >= 4 is 23.0 Å². The number of unbranched alkanes of at least 4 members (excludes halogenated alkanes) is 1. The lowest BCUT2D eigenvalue weighted by Crippen LogP contribution is -2.21. The zero-order valence-corrected chi connectivity index (χ0v) is 23.5. The zero-order valence-electron chi connectivity index (χ0n) is 22.6. The summed E-state index contributed by atoms with van der Waals surface area (Å²) in [5, 5.41) is 7.14. The van der Waals surface area contributed by atoms with Crippen molar-refractivity contribution in [1.29, 1.82) is 0 Å². The van der Waals surface area contributed by atoms with Crippen molar-refractivity contribution in [3.8, 4) is 0 Å². The van der Waals surface area contributed by atoms with Crippen molar-refractivity contribution in [3.05, 3.63) is 111 Å². The second kappa shape index (κ2) is 12.5. The molecule has 37 heavy (non-hydrogen) atoms. The lowest BCUT2D eigenvalue weighted by atomic mass is 9.84. The van der Waals surface area contributed by atoms with Crippen LogP contribution >= 0.6 is 11.8 Å². The molecule has 2 aliphatic rings. The molecule has 0 fully saturated rings. The van der Waals surface area contributed by atoms with E-state index in [0.29, 0.717) is 12.8 Å². The Morgan fingerprint density at radius 1 is 0.973 bits per heavy atom. The van der Waals surface area contributed by atoms with E-state index >= 15 is 0 Å². The van der Waals surface area contributed by atoms with Crippen molar-refractivity contribution < 1.29 is 4.39 Å². The third-order valence-electron chi connectivity index (χ3n) is 7.10. The third-order valence-corrected chi connectivity index (χ3v) is 8.36. The van der Waals surface area contributed by atoms with E-state index in [1.807, 2.05) is 6.08 Å². The molecular formula is C33H39FN2S. The van der Waals surface area contributed by atoms with Crippen LogP contribution in [0.4, 0.5) is 10.1 Å². The molecule has 0 aromatic heterocycles. The molecular weight excluding hydrogens is 475 g/mol. The normalized spacial score (nSPS) is 16.0. The molecule has 0 saturated carbocycles. The van der Waals surface area contributed by atoms with Crippen LogP contribution in [0.5, 0.6) is 0 Å². The Kier molecular flexibility index (Phi) is 9.15. The van der Waals surface area contributed by atoms with Gasteiger partial charge in [0.25, 0.3) is 0 Å². The number of aryl methyl sites for hydroxylation is 2. The quantitative estimate of drug-likeness (QED) is 0.330. The summed E-state index contributed by atoms with van der Waals surface area (Å²) in [6.07, 6.45) is 9.90. The number of anilines is 1. The molecule has 0 bridgehead atoms. The Balaban J connectivity index is 1.67. The maximum absolute atomic E-state index is 13.3. The molecule has 0 amide bonds. The summed E-state index contributed by atoms with van der Waals surface area (Å²) in [6.45, 7) is 13.4. The molecule has 0 saturated heterocycles. The van der Waals surface area contributed by atoms with Gasteiger partial charge in [-0.15, -0.1) is 0 Å². The number of rotatable bonds is 10. The molecule has 0 atom stereocenters. The summed E-state index contributed by atoms with van der Waals surface area (Å²) in [6, 6.07) is 15.2. The first-order valence-corrected chi connectivity index (χ1v) is 14.4. The molecule has 2 nitrogen and oxygen atoms in total. The summed E-state index contributed by atoms with van der Waals surface area (Å²) in [5.41, 5.74) is 11.2. The van der Waals surface area contributed by atoms with Gasteiger partial charge in [0.15, 0.2) is 0 Å². The second-order valence-corrected chi connectivity index (χ2v) is 10.8. The molecule has 4 heteroatoms. The van der Waals surface area contributed by atoms with Crippen LogP contribution in [0.3, 0.4) is 0 Å². The monoisotopic (exact) mass is 514 g/mol. The van der Waals surface area contributed by atoms with Crippen LogP contribution in [0.1, 0.15) is 76.5 Å². The molecule has 1 aliphatic heterocycles. The molecule has 2 aromatic rings. The topological polar surface area (TPSA) is 24.1 Å². The standard InChI is InChI=1S/C33H39FN2S/c1-6-9-13-30-31(32-24(7-2)11-10-12-25(32)8-3)22(4)33(23(5)35-30)37-29-20-18-28(19-21-29)36-27-16-14-26(34)15-17-27/h10-12,14,16,18-21,35-36H,5-9,13,15,17H2,1-4H3. The fraction of sp³-hybridized carbons (Fsp3) is 0.333. The summed E-state index contributed by atoms with van der Waals surface area (Å²) in [5.74, 6) is -0.0545. The van der Waals surface area contributed by atoms with E-state index in [-0.39, 0.29) is 5.83 Å². The van der Waals surface area contributed by atoms with Gasteiger partial charge in [-0.2, -0.15) is 0 Å². The van der Waals surface area contributed by atoms with Crippen molar-refractivity contribution in [2.45, 2.75) is 77.5 Å². The lowest BCUT2D eigenvalue weighted by molar-refractivity contribution is 0.582. The van der Waals surface area contributed by atoms with Gasteiger partial charge in [0.2, 0.25) is 0 Å². The summed E-state index contributed by atoms with van der Waals surface area (Å²) < 4.78 is 13.3. The molecule has 0 spiro atoms. The van der Waals surface area contributed by atoms with E-state index in [1.54, 1.807) is 17.8 Å². The number of halogens is 1. The van der Waals surface area contributed by atoms with Gasteiger partial charge in [-0.05, 0) is 97.7 Å². The third kappa shape index (κ3) is 6.30. The highest BCUT2D eigenvalue weighted by atomic mass is 32.2. The van der Waals surface area contributed by atoms with Gasteiger partial charge >= 0.3 is 0 Å². The van der Waals surface area contributed by atoms with Crippen LogP contribution in [-0.2, 0) is 12.8 Å². The number of thioether (sulfide) groups is 1.